The number of hydrogen-bond acceptors (Lipinski definition) is 4. The highest BCUT2D eigenvalue weighted by atomic mass is 19.1. The molecule has 0 fully saturated rings. The van der Waals surface area contributed by atoms with Crippen molar-refractivity contribution in [1.29, 1.82) is 0 Å². The largest absolute Gasteiger partial charge is 0.497 e. The lowest BCUT2D eigenvalue weighted by Gasteiger charge is -2.05. The first kappa shape index (κ1) is 18.1. The van der Waals surface area contributed by atoms with E-state index in [1.54, 1.807) is 31.4 Å². The Labute approximate surface area is 144 Å². The number of nitrogens with zero attached hydrogens (tertiary/aromatic N) is 1. The van der Waals surface area contributed by atoms with Crippen LogP contribution in [0.15, 0.2) is 53.6 Å². The summed E-state index contributed by atoms with van der Waals surface area (Å²) in [4.78, 5) is 23.4. The Morgan fingerprint density at radius 3 is 2.76 bits per heavy atom. The summed E-state index contributed by atoms with van der Waals surface area (Å²) in [6.45, 7) is 0.0771. The molecule has 25 heavy (non-hydrogen) atoms. The number of amides is 2. The van der Waals surface area contributed by atoms with Gasteiger partial charge in [-0.15, -0.1) is 0 Å². The number of carbonyl (C=O) groups excluding carboxylic acids is 2. The Morgan fingerprint density at radius 2 is 2.00 bits per heavy atom. The van der Waals surface area contributed by atoms with Crippen molar-refractivity contribution < 1.29 is 18.7 Å². The highest BCUT2D eigenvalue weighted by Crippen LogP contribution is 2.10. The van der Waals surface area contributed by atoms with E-state index in [1.807, 2.05) is 6.07 Å². The third-order valence-corrected chi connectivity index (χ3v) is 3.25. The van der Waals surface area contributed by atoms with Crippen molar-refractivity contribution in [3.63, 3.8) is 0 Å². The van der Waals surface area contributed by atoms with Gasteiger partial charge in [-0.25, -0.2) is 9.82 Å². The van der Waals surface area contributed by atoms with Crippen molar-refractivity contribution in [2.75, 3.05) is 13.7 Å². The Balaban J connectivity index is 1.74. The zero-order valence-corrected chi connectivity index (χ0v) is 13.7. The second kappa shape index (κ2) is 9.17. The smallest absolute Gasteiger partial charge is 0.254 e. The molecule has 2 aromatic rings. The normalized spacial score (nSPS) is 10.5. The van der Waals surface area contributed by atoms with E-state index in [0.717, 1.165) is 5.56 Å². The van der Waals surface area contributed by atoms with E-state index in [2.05, 4.69) is 15.8 Å². The Hall–Kier alpha value is -3.22. The molecule has 0 saturated carbocycles. The third-order valence-electron chi connectivity index (χ3n) is 3.25. The van der Waals surface area contributed by atoms with Crippen molar-refractivity contribution in [3.8, 4) is 5.75 Å². The van der Waals surface area contributed by atoms with E-state index in [1.165, 1.54) is 24.4 Å². The summed E-state index contributed by atoms with van der Waals surface area (Å²) in [6, 6.07) is 12.8. The van der Waals surface area contributed by atoms with Gasteiger partial charge in [0.25, 0.3) is 5.91 Å². The quantitative estimate of drug-likeness (QED) is 0.597. The molecule has 0 heterocycles. The number of ether oxygens (including phenoxy) is 1. The van der Waals surface area contributed by atoms with Crippen molar-refractivity contribution in [3.05, 3.63) is 65.5 Å². The van der Waals surface area contributed by atoms with E-state index in [0.29, 0.717) is 5.75 Å². The number of hydrazone groups is 1. The predicted octanol–water partition coefficient (Wildman–Crippen LogP) is 2.10. The molecule has 130 valence electrons. The van der Waals surface area contributed by atoms with Crippen LogP contribution in [0.4, 0.5) is 4.39 Å². The lowest BCUT2D eigenvalue weighted by atomic mass is 10.2. The van der Waals surface area contributed by atoms with Gasteiger partial charge in [0.05, 0.1) is 18.9 Å². The molecule has 0 aliphatic carbocycles. The highest BCUT2D eigenvalue weighted by Gasteiger charge is 2.10. The molecule has 0 spiro atoms. The van der Waals surface area contributed by atoms with Gasteiger partial charge in [-0.2, -0.15) is 5.10 Å². The van der Waals surface area contributed by atoms with Crippen molar-refractivity contribution in [2.45, 2.75) is 6.42 Å². The molecule has 7 heteroatoms. The van der Waals surface area contributed by atoms with Crippen LogP contribution in [0.25, 0.3) is 0 Å². The molecular formula is C18H18FN3O3. The number of carbonyl (C=O) groups is 2. The molecule has 0 aliphatic rings. The number of methoxy groups -OCH3 is 1. The van der Waals surface area contributed by atoms with Gasteiger partial charge in [0.1, 0.15) is 11.6 Å². The van der Waals surface area contributed by atoms with Crippen molar-refractivity contribution in [1.82, 2.24) is 10.7 Å². The fraction of sp³-hybridized carbons (Fsp3) is 0.167. The van der Waals surface area contributed by atoms with Gasteiger partial charge < -0.3 is 10.1 Å². The van der Waals surface area contributed by atoms with Gasteiger partial charge in [-0.05, 0) is 29.8 Å². The first-order chi connectivity index (χ1) is 12.1. The molecule has 0 radical (unpaired) electrons. The minimum atomic E-state index is -0.604. The molecule has 0 saturated heterocycles. The molecule has 2 amide bonds. The zero-order chi connectivity index (χ0) is 18.1. The van der Waals surface area contributed by atoms with Crippen molar-refractivity contribution >= 4 is 18.0 Å². The average molecular weight is 343 g/mol. The lowest BCUT2D eigenvalue weighted by Crippen LogP contribution is -2.29. The van der Waals surface area contributed by atoms with Gasteiger partial charge in [0.15, 0.2) is 0 Å². The van der Waals surface area contributed by atoms with Crippen LogP contribution in [0.5, 0.6) is 5.75 Å². The number of hydrogen-bond donors (Lipinski definition) is 2. The van der Waals surface area contributed by atoms with Crippen molar-refractivity contribution in [2.24, 2.45) is 5.10 Å². The van der Waals surface area contributed by atoms with Crippen LogP contribution in [0.3, 0.4) is 0 Å². The Bertz CT molecular complexity index is 778. The minimum Gasteiger partial charge on any atom is -0.497 e. The molecule has 0 aromatic heterocycles. The van der Waals surface area contributed by atoms with Gasteiger partial charge in [-0.1, -0.05) is 24.3 Å². The topological polar surface area (TPSA) is 79.8 Å². The maximum atomic E-state index is 13.4. The van der Waals surface area contributed by atoms with Gasteiger partial charge >= 0.3 is 0 Å². The van der Waals surface area contributed by atoms with Gasteiger partial charge in [0, 0.05) is 13.0 Å². The maximum absolute atomic E-state index is 13.4. The van der Waals surface area contributed by atoms with Crippen LogP contribution >= 0.6 is 0 Å². The first-order valence-corrected chi connectivity index (χ1v) is 7.59. The van der Waals surface area contributed by atoms with Crippen LogP contribution in [-0.4, -0.2) is 31.7 Å². The maximum Gasteiger partial charge on any atom is 0.254 e. The summed E-state index contributed by atoms with van der Waals surface area (Å²) in [6.07, 6.45) is 1.51. The van der Waals surface area contributed by atoms with E-state index >= 15 is 0 Å². The Kier molecular flexibility index (Phi) is 6.65. The van der Waals surface area contributed by atoms with Gasteiger partial charge in [-0.3, -0.25) is 9.59 Å². The number of halogens is 1. The van der Waals surface area contributed by atoms with E-state index in [9.17, 15) is 14.0 Å². The SMILES string of the molecule is COc1cccc(C=NNC(=O)CCNC(=O)c2ccccc2F)c1. The standard InChI is InChI=1S/C18H18FN3O3/c1-25-14-6-4-5-13(11-14)12-21-22-17(23)9-10-20-18(24)15-7-2-3-8-16(15)19/h2-8,11-12H,9-10H2,1H3,(H,20,24)(H,22,23). The molecule has 2 rings (SSSR count). The molecule has 0 aliphatic heterocycles. The molecule has 0 bridgehead atoms. The van der Waals surface area contributed by atoms with Crippen LogP contribution in [-0.2, 0) is 4.79 Å². The Morgan fingerprint density at radius 1 is 1.20 bits per heavy atom. The summed E-state index contributed by atoms with van der Waals surface area (Å²) in [5, 5.41) is 6.32. The van der Waals surface area contributed by atoms with Crippen LogP contribution in [0, 0.1) is 5.82 Å². The van der Waals surface area contributed by atoms with Gasteiger partial charge in [0.2, 0.25) is 5.91 Å². The second-order valence-corrected chi connectivity index (χ2v) is 5.06. The monoisotopic (exact) mass is 343 g/mol. The fourth-order valence-corrected chi connectivity index (χ4v) is 1.99. The third kappa shape index (κ3) is 5.72. The van der Waals surface area contributed by atoms with Crippen LogP contribution in [0.1, 0.15) is 22.3 Å². The van der Waals surface area contributed by atoms with E-state index in [-0.39, 0.29) is 24.4 Å². The molecule has 2 aromatic carbocycles. The average Bonchev–Trinajstić information content (AvgIpc) is 2.62. The number of nitrogens with one attached hydrogen (secondary N) is 2. The second-order valence-electron chi connectivity index (χ2n) is 5.06. The summed E-state index contributed by atoms with van der Waals surface area (Å²) in [7, 11) is 1.56. The highest BCUT2D eigenvalue weighted by molar-refractivity contribution is 5.94. The first-order valence-electron chi connectivity index (χ1n) is 7.59. The zero-order valence-electron chi connectivity index (χ0n) is 13.7. The lowest BCUT2D eigenvalue weighted by molar-refractivity contribution is -0.120. The van der Waals surface area contributed by atoms with Crippen LogP contribution < -0.4 is 15.5 Å². The van der Waals surface area contributed by atoms with E-state index in [4.69, 9.17) is 4.74 Å². The molecule has 6 nitrogen and oxygen atoms in total. The fourth-order valence-electron chi connectivity index (χ4n) is 1.99. The van der Waals surface area contributed by atoms with Crippen LogP contribution in [0.2, 0.25) is 0 Å². The summed E-state index contributed by atoms with van der Waals surface area (Å²) < 4.78 is 18.5. The number of rotatable bonds is 7. The predicted molar refractivity (Wildman–Crippen MR) is 92.1 cm³/mol. The summed E-state index contributed by atoms with van der Waals surface area (Å²) in [5.41, 5.74) is 3.07. The van der Waals surface area contributed by atoms with E-state index < -0.39 is 11.7 Å². The molecule has 0 unspecified atom stereocenters. The molecule has 0 atom stereocenters. The number of benzene rings is 2. The summed E-state index contributed by atoms with van der Waals surface area (Å²) in [5.74, 6) is -0.850. The summed E-state index contributed by atoms with van der Waals surface area (Å²) >= 11 is 0. The molecule has 2 N–H and O–H groups in total. The minimum absolute atomic E-state index is 0.0235. The molecular weight excluding hydrogens is 325 g/mol.